The molecule has 3 aromatic rings. The predicted molar refractivity (Wildman–Crippen MR) is 103 cm³/mol. The van der Waals surface area contributed by atoms with Gasteiger partial charge in [0.25, 0.3) is 0 Å². The minimum atomic E-state index is -3.52. The van der Waals surface area contributed by atoms with Gasteiger partial charge in [-0.3, -0.25) is 4.79 Å². The molecule has 8 nitrogen and oxygen atoms in total. The Morgan fingerprint density at radius 2 is 1.68 bits per heavy atom. The summed E-state index contributed by atoms with van der Waals surface area (Å²) in [4.78, 5) is 12.5. The van der Waals surface area contributed by atoms with Gasteiger partial charge >= 0.3 is 11.8 Å². The van der Waals surface area contributed by atoms with Gasteiger partial charge in [0.2, 0.25) is 15.9 Å². The number of hydrogen-bond acceptors (Lipinski definition) is 6. The Morgan fingerprint density at radius 3 is 2.29 bits per heavy atom. The van der Waals surface area contributed by atoms with E-state index in [0.29, 0.717) is 5.56 Å². The third-order valence-electron chi connectivity index (χ3n) is 4.15. The Morgan fingerprint density at radius 1 is 1.04 bits per heavy atom. The van der Waals surface area contributed by atoms with Crippen molar-refractivity contribution in [2.75, 3.05) is 14.1 Å². The number of amides is 1. The molecule has 3 rings (SSSR count). The van der Waals surface area contributed by atoms with Crippen LogP contribution in [0.3, 0.4) is 0 Å². The number of rotatable bonds is 6. The highest BCUT2D eigenvalue weighted by atomic mass is 32.2. The third kappa shape index (κ3) is 4.10. The molecule has 0 radical (unpaired) electrons. The van der Waals surface area contributed by atoms with Crippen molar-refractivity contribution in [1.82, 2.24) is 19.8 Å². The Hall–Kier alpha value is -3.04. The van der Waals surface area contributed by atoms with Crippen molar-refractivity contribution in [3.63, 3.8) is 0 Å². The first-order chi connectivity index (χ1) is 13.3. The van der Waals surface area contributed by atoms with Crippen LogP contribution < -0.4 is 5.32 Å². The molecule has 0 unspecified atom stereocenters. The number of carbonyl (C=O) groups is 1. The second-order valence-corrected chi connectivity index (χ2v) is 8.48. The first-order valence-corrected chi connectivity index (χ1v) is 9.95. The number of sulfonamides is 1. The molecule has 1 heterocycles. The van der Waals surface area contributed by atoms with Crippen LogP contribution in [-0.4, -0.2) is 42.9 Å². The van der Waals surface area contributed by atoms with E-state index in [1.54, 1.807) is 12.1 Å². The molecule has 0 aliphatic heterocycles. The summed E-state index contributed by atoms with van der Waals surface area (Å²) in [6, 6.07) is 15.3. The smallest absolute Gasteiger partial charge is 0.309 e. The van der Waals surface area contributed by atoms with E-state index in [0.717, 1.165) is 9.87 Å². The maximum Gasteiger partial charge on any atom is 0.309 e. The summed E-state index contributed by atoms with van der Waals surface area (Å²) >= 11 is 0. The van der Waals surface area contributed by atoms with Gasteiger partial charge in [-0.2, -0.15) is 0 Å². The molecule has 28 heavy (non-hydrogen) atoms. The van der Waals surface area contributed by atoms with Gasteiger partial charge in [-0.15, -0.1) is 10.2 Å². The molecule has 0 aliphatic rings. The van der Waals surface area contributed by atoms with Crippen LogP contribution in [0.5, 0.6) is 0 Å². The molecule has 2 aromatic carbocycles. The molecule has 0 saturated carbocycles. The molecule has 146 valence electrons. The summed E-state index contributed by atoms with van der Waals surface area (Å²) in [7, 11) is -0.600. The summed E-state index contributed by atoms with van der Waals surface area (Å²) in [6.07, 6.45) is 0. The standard InChI is InChI=1S/C19H20N4O4S/c1-13(14-7-5-4-6-8-14)20-17(24)19-22-21-18(27-19)15-9-11-16(12-10-15)28(25,26)23(2)3/h4-13H,1-3H3,(H,20,24)/t13-/m1/s1. The van der Waals surface area contributed by atoms with Crippen LogP contribution in [0.4, 0.5) is 0 Å². The van der Waals surface area contributed by atoms with E-state index >= 15 is 0 Å². The van der Waals surface area contributed by atoms with E-state index in [9.17, 15) is 13.2 Å². The molecule has 9 heteroatoms. The molecule has 1 aromatic heterocycles. The van der Waals surface area contributed by atoms with Crippen LogP contribution in [0.2, 0.25) is 0 Å². The Labute approximate surface area is 163 Å². The Bertz CT molecular complexity index is 1060. The van der Waals surface area contributed by atoms with Crippen LogP contribution in [-0.2, 0) is 10.0 Å². The van der Waals surface area contributed by atoms with Gasteiger partial charge in [0, 0.05) is 19.7 Å². The maximum absolute atomic E-state index is 12.3. The number of nitrogens with one attached hydrogen (secondary N) is 1. The topological polar surface area (TPSA) is 105 Å². The van der Waals surface area contributed by atoms with Crippen molar-refractivity contribution in [2.24, 2.45) is 0 Å². The van der Waals surface area contributed by atoms with E-state index in [1.807, 2.05) is 37.3 Å². The van der Waals surface area contributed by atoms with Crippen molar-refractivity contribution in [3.8, 4) is 11.5 Å². The molecule has 0 saturated heterocycles. The number of hydrogen-bond donors (Lipinski definition) is 1. The molecule has 0 spiro atoms. The Balaban J connectivity index is 1.74. The molecule has 0 aliphatic carbocycles. The summed E-state index contributed by atoms with van der Waals surface area (Å²) in [5, 5.41) is 10.5. The highest BCUT2D eigenvalue weighted by molar-refractivity contribution is 7.89. The minimum absolute atomic E-state index is 0.131. The average Bonchev–Trinajstić information content (AvgIpc) is 3.19. The summed E-state index contributed by atoms with van der Waals surface area (Å²) in [6.45, 7) is 1.86. The van der Waals surface area contributed by atoms with E-state index < -0.39 is 15.9 Å². The fourth-order valence-corrected chi connectivity index (χ4v) is 3.40. The Kier molecular flexibility index (Phi) is 5.57. The molecule has 1 amide bonds. The minimum Gasteiger partial charge on any atom is -0.412 e. The van der Waals surface area contributed by atoms with Crippen molar-refractivity contribution in [1.29, 1.82) is 0 Å². The SMILES string of the molecule is C[C@@H](NC(=O)c1nnc(-c2ccc(S(=O)(=O)N(C)C)cc2)o1)c1ccccc1. The number of aromatic nitrogens is 2. The summed E-state index contributed by atoms with van der Waals surface area (Å²) < 4.78 is 30.8. The lowest BCUT2D eigenvalue weighted by Gasteiger charge is -2.12. The first-order valence-electron chi connectivity index (χ1n) is 8.51. The van der Waals surface area contributed by atoms with Crippen LogP contribution >= 0.6 is 0 Å². The molecule has 0 fully saturated rings. The lowest BCUT2D eigenvalue weighted by atomic mass is 10.1. The fourth-order valence-electron chi connectivity index (χ4n) is 2.50. The molecule has 0 bridgehead atoms. The van der Waals surface area contributed by atoms with E-state index in [-0.39, 0.29) is 22.7 Å². The predicted octanol–water partition coefficient (Wildman–Crippen LogP) is 2.48. The molecule has 1 N–H and O–H groups in total. The van der Waals surface area contributed by atoms with Crippen LogP contribution in [0, 0.1) is 0 Å². The second-order valence-electron chi connectivity index (χ2n) is 6.33. The van der Waals surface area contributed by atoms with Crippen molar-refractivity contribution in [3.05, 3.63) is 66.1 Å². The number of nitrogens with zero attached hydrogens (tertiary/aromatic N) is 3. The molecular weight excluding hydrogens is 380 g/mol. The highest BCUT2D eigenvalue weighted by Crippen LogP contribution is 2.22. The lowest BCUT2D eigenvalue weighted by molar-refractivity contribution is 0.0905. The van der Waals surface area contributed by atoms with E-state index in [1.165, 1.54) is 26.2 Å². The summed E-state index contributed by atoms with van der Waals surface area (Å²) in [5.41, 5.74) is 1.47. The zero-order chi connectivity index (χ0) is 20.3. The van der Waals surface area contributed by atoms with Gasteiger partial charge in [-0.05, 0) is 36.8 Å². The van der Waals surface area contributed by atoms with Crippen molar-refractivity contribution in [2.45, 2.75) is 17.9 Å². The van der Waals surface area contributed by atoms with Gasteiger partial charge < -0.3 is 9.73 Å². The zero-order valence-electron chi connectivity index (χ0n) is 15.7. The van der Waals surface area contributed by atoms with E-state index in [4.69, 9.17) is 4.42 Å². The normalized spacial score (nSPS) is 12.7. The summed E-state index contributed by atoms with van der Waals surface area (Å²) in [5.74, 6) is -0.518. The van der Waals surface area contributed by atoms with Gasteiger partial charge in [0.05, 0.1) is 10.9 Å². The van der Waals surface area contributed by atoms with Gasteiger partial charge in [0.1, 0.15) is 0 Å². The van der Waals surface area contributed by atoms with Crippen LogP contribution in [0.15, 0.2) is 63.9 Å². The highest BCUT2D eigenvalue weighted by Gasteiger charge is 2.20. The largest absolute Gasteiger partial charge is 0.412 e. The lowest BCUT2D eigenvalue weighted by Crippen LogP contribution is -2.26. The van der Waals surface area contributed by atoms with E-state index in [2.05, 4.69) is 15.5 Å². The zero-order valence-corrected chi connectivity index (χ0v) is 16.5. The van der Waals surface area contributed by atoms with Gasteiger partial charge in [-0.25, -0.2) is 12.7 Å². The van der Waals surface area contributed by atoms with Gasteiger partial charge in [-0.1, -0.05) is 30.3 Å². The first kappa shape index (κ1) is 19.7. The monoisotopic (exact) mass is 400 g/mol. The van der Waals surface area contributed by atoms with Crippen molar-refractivity contribution < 1.29 is 17.6 Å². The fraction of sp³-hybridized carbons (Fsp3) is 0.211. The number of benzene rings is 2. The number of carbonyl (C=O) groups excluding carboxylic acids is 1. The van der Waals surface area contributed by atoms with Crippen molar-refractivity contribution >= 4 is 15.9 Å². The van der Waals surface area contributed by atoms with Gasteiger partial charge in [0.15, 0.2) is 0 Å². The average molecular weight is 400 g/mol. The maximum atomic E-state index is 12.3. The second kappa shape index (κ2) is 7.91. The van der Waals surface area contributed by atoms with Crippen LogP contribution in [0.25, 0.3) is 11.5 Å². The molecule has 1 atom stereocenters. The molecular formula is C19H20N4O4S. The van der Waals surface area contributed by atoms with Crippen LogP contribution in [0.1, 0.15) is 29.2 Å². The quantitative estimate of drug-likeness (QED) is 0.681. The third-order valence-corrected chi connectivity index (χ3v) is 5.98.